The zero-order chi connectivity index (χ0) is 13.7. The van der Waals surface area contributed by atoms with Crippen LogP contribution in [0.1, 0.15) is 44.4 Å². The Kier molecular flexibility index (Phi) is 4.96. The van der Waals surface area contributed by atoms with Crippen LogP contribution in [0.3, 0.4) is 0 Å². The smallest absolute Gasteiger partial charge is 0.223 e. The van der Waals surface area contributed by atoms with Crippen molar-refractivity contribution >= 4 is 33.3 Å². The third-order valence-electron chi connectivity index (χ3n) is 3.13. The topological polar surface area (TPSA) is 63.8 Å². The highest BCUT2D eigenvalue weighted by Gasteiger charge is 2.09. The van der Waals surface area contributed by atoms with E-state index in [2.05, 4.69) is 35.2 Å². The molecule has 0 fully saturated rings. The quantitative estimate of drug-likeness (QED) is 0.756. The van der Waals surface area contributed by atoms with E-state index in [1.807, 2.05) is 0 Å². The summed E-state index contributed by atoms with van der Waals surface area (Å²) in [6, 6.07) is 2.17. The number of nitrogens with two attached hydrogens (primary N) is 1. The zero-order valence-corrected chi connectivity index (χ0v) is 12.5. The third-order valence-corrected chi connectivity index (χ3v) is 4.31. The van der Waals surface area contributed by atoms with E-state index in [4.69, 9.17) is 5.73 Å². The predicted octanol–water partition coefficient (Wildman–Crippen LogP) is 3.83. The van der Waals surface area contributed by atoms with Crippen molar-refractivity contribution in [3.63, 3.8) is 0 Å². The Morgan fingerprint density at radius 3 is 2.79 bits per heavy atom. The van der Waals surface area contributed by atoms with E-state index in [1.165, 1.54) is 30.6 Å². The van der Waals surface area contributed by atoms with Crippen LogP contribution in [0, 0.1) is 0 Å². The van der Waals surface area contributed by atoms with Gasteiger partial charge < -0.3 is 11.1 Å². The van der Waals surface area contributed by atoms with Gasteiger partial charge in [-0.25, -0.2) is 4.98 Å². The molecule has 2 aromatic rings. The fourth-order valence-electron chi connectivity index (χ4n) is 2.06. The number of unbranched alkanes of at least 4 members (excludes halogenated alkanes) is 3. The summed E-state index contributed by atoms with van der Waals surface area (Å²) in [5, 5.41) is 4.50. The number of rotatable bonds is 7. The van der Waals surface area contributed by atoms with Gasteiger partial charge in [-0.15, -0.1) is 11.3 Å². The lowest BCUT2D eigenvalue weighted by molar-refractivity contribution is 0.684. The minimum Gasteiger partial charge on any atom is -0.369 e. The van der Waals surface area contributed by atoms with Crippen LogP contribution in [0.15, 0.2) is 6.07 Å². The number of nitrogen functional groups attached to an aromatic ring is 1. The zero-order valence-electron chi connectivity index (χ0n) is 11.7. The van der Waals surface area contributed by atoms with Gasteiger partial charge in [0.1, 0.15) is 10.6 Å². The van der Waals surface area contributed by atoms with Gasteiger partial charge in [-0.2, -0.15) is 4.98 Å². The molecular formula is C14H22N4S. The summed E-state index contributed by atoms with van der Waals surface area (Å²) in [5.74, 6) is 1.24. The van der Waals surface area contributed by atoms with Crippen LogP contribution in [0.4, 0.5) is 11.8 Å². The Labute approximate surface area is 118 Å². The first-order valence-electron chi connectivity index (χ1n) is 7.04. The molecular weight excluding hydrogens is 256 g/mol. The number of hydrogen-bond donors (Lipinski definition) is 2. The molecule has 0 unspecified atom stereocenters. The molecule has 0 saturated heterocycles. The van der Waals surface area contributed by atoms with Crippen LogP contribution in [-0.2, 0) is 6.42 Å². The van der Waals surface area contributed by atoms with Gasteiger partial charge in [-0.1, -0.05) is 33.1 Å². The van der Waals surface area contributed by atoms with E-state index in [0.717, 1.165) is 29.0 Å². The van der Waals surface area contributed by atoms with Crippen molar-refractivity contribution in [2.75, 3.05) is 17.6 Å². The molecule has 2 heterocycles. The number of aryl methyl sites for hydroxylation is 1. The fraction of sp³-hybridized carbons (Fsp3) is 0.571. The van der Waals surface area contributed by atoms with Gasteiger partial charge in [0.25, 0.3) is 0 Å². The highest BCUT2D eigenvalue weighted by atomic mass is 32.1. The Morgan fingerprint density at radius 2 is 2.05 bits per heavy atom. The van der Waals surface area contributed by atoms with Crippen LogP contribution in [0.5, 0.6) is 0 Å². The summed E-state index contributed by atoms with van der Waals surface area (Å²) in [6.45, 7) is 5.32. The number of hydrogen-bond acceptors (Lipinski definition) is 5. The lowest BCUT2D eigenvalue weighted by atomic mass is 10.2. The summed E-state index contributed by atoms with van der Waals surface area (Å²) in [4.78, 5) is 10.9. The Balaban J connectivity index is 2.10. The molecule has 0 aliphatic rings. The number of nitrogens with one attached hydrogen (secondary N) is 1. The molecule has 0 atom stereocenters. The molecule has 0 amide bonds. The van der Waals surface area contributed by atoms with Crippen LogP contribution in [-0.4, -0.2) is 16.5 Å². The van der Waals surface area contributed by atoms with E-state index < -0.39 is 0 Å². The fourth-order valence-corrected chi connectivity index (χ4v) is 3.03. The molecule has 0 aliphatic carbocycles. The predicted molar refractivity (Wildman–Crippen MR) is 83.8 cm³/mol. The summed E-state index contributed by atoms with van der Waals surface area (Å²) in [6.07, 6.45) is 6.01. The second-order valence-electron chi connectivity index (χ2n) is 4.70. The van der Waals surface area contributed by atoms with Crippen molar-refractivity contribution < 1.29 is 0 Å². The van der Waals surface area contributed by atoms with Gasteiger partial charge >= 0.3 is 0 Å². The first-order valence-corrected chi connectivity index (χ1v) is 7.86. The largest absolute Gasteiger partial charge is 0.369 e. The Bertz CT molecular complexity index is 535. The minimum absolute atomic E-state index is 0.355. The van der Waals surface area contributed by atoms with E-state index in [0.29, 0.717) is 5.95 Å². The Hall–Kier alpha value is -1.36. The van der Waals surface area contributed by atoms with Gasteiger partial charge in [-0.05, 0) is 18.9 Å². The van der Waals surface area contributed by atoms with E-state index >= 15 is 0 Å². The number of thiophene rings is 1. The lowest BCUT2D eigenvalue weighted by Gasteiger charge is -2.06. The molecule has 0 aromatic carbocycles. The molecule has 0 aliphatic heterocycles. The van der Waals surface area contributed by atoms with Gasteiger partial charge in [0, 0.05) is 11.4 Å². The van der Waals surface area contributed by atoms with Crippen molar-refractivity contribution in [2.45, 2.75) is 46.0 Å². The molecule has 3 N–H and O–H groups in total. The molecule has 2 aromatic heterocycles. The van der Waals surface area contributed by atoms with Crippen molar-refractivity contribution in [1.29, 1.82) is 0 Å². The first kappa shape index (κ1) is 14.1. The molecule has 0 spiro atoms. The summed E-state index contributed by atoms with van der Waals surface area (Å²) in [7, 11) is 0. The Morgan fingerprint density at radius 1 is 1.21 bits per heavy atom. The molecule has 0 saturated carbocycles. The third kappa shape index (κ3) is 3.56. The normalized spacial score (nSPS) is 11.1. The van der Waals surface area contributed by atoms with E-state index in [-0.39, 0.29) is 0 Å². The van der Waals surface area contributed by atoms with Crippen LogP contribution in [0.2, 0.25) is 0 Å². The average Bonchev–Trinajstić information content (AvgIpc) is 2.81. The van der Waals surface area contributed by atoms with E-state index in [9.17, 15) is 0 Å². The van der Waals surface area contributed by atoms with Crippen molar-refractivity contribution in [1.82, 2.24) is 9.97 Å². The molecule has 104 valence electrons. The van der Waals surface area contributed by atoms with Gasteiger partial charge in [0.15, 0.2) is 0 Å². The first-order chi connectivity index (χ1) is 9.24. The molecule has 0 bridgehead atoms. The minimum atomic E-state index is 0.355. The summed E-state index contributed by atoms with van der Waals surface area (Å²) < 4.78 is 0. The maximum atomic E-state index is 5.77. The van der Waals surface area contributed by atoms with Crippen molar-refractivity contribution in [2.24, 2.45) is 0 Å². The standard InChI is InChI=1S/C14H22N4S/c1-3-5-6-7-8-16-12-11-9-10(4-2)19-13(11)18-14(15)17-12/h9H,3-8H2,1-2H3,(H3,15,16,17,18). The van der Waals surface area contributed by atoms with Gasteiger partial charge in [0.2, 0.25) is 5.95 Å². The van der Waals surface area contributed by atoms with Crippen molar-refractivity contribution in [3.05, 3.63) is 10.9 Å². The van der Waals surface area contributed by atoms with Gasteiger partial charge in [0.05, 0.1) is 5.39 Å². The van der Waals surface area contributed by atoms with Gasteiger partial charge in [-0.3, -0.25) is 0 Å². The molecule has 4 nitrogen and oxygen atoms in total. The molecule has 0 radical (unpaired) electrons. The maximum absolute atomic E-state index is 5.77. The van der Waals surface area contributed by atoms with Crippen LogP contribution >= 0.6 is 11.3 Å². The summed E-state index contributed by atoms with van der Waals surface area (Å²) in [5.41, 5.74) is 5.77. The number of aromatic nitrogens is 2. The lowest BCUT2D eigenvalue weighted by Crippen LogP contribution is -2.06. The number of anilines is 2. The highest BCUT2D eigenvalue weighted by Crippen LogP contribution is 2.29. The number of fused-ring (bicyclic) bond motifs is 1. The molecule has 5 heteroatoms. The average molecular weight is 278 g/mol. The van der Waals surface area contributed by atoms with Crippen LogP contribution in [0.25, 0.3) is 10.2 Å². The summed E-state index contributed by atoms with van der Waals surface area (Å²) >= 11 is 1.70. The highest BCUT2D eigenvalue weighted by molar-refractivity contribution is 7.18. The molecule has 2 rings (SSSR count). The van der Waals surface area contributed by atoms with Crippen molar-refractivity contribution in [3.8, 4) is 0 Å². The maximum Gasteiger partial charge on any atom is 0.223 e. The monoisotopic (exact) mass is 278 g/mol. The number of nitrogens with zero attached hydrogens (tertiary/aromatic N) is 2. The van der Waals surface area contributed by atoms with E-state index in [1.54, 1.807) is 11.3 Å². The molecule has 19 heavy (non-hydrogen) atoms. The van der Waals surface area contributed by atoms with Crippen LogP contribution < -0.4 is 11.1 Å². The SMILES string of the molecule is CCCCCCNc1nc(N)nc2sc(CC)cc12. The second kappa shape index (κ2) is 6.70. The second-order valence-corrected chi connectivity index (χ2v) is 5.82.